The van der Waals surface area contributed by atoms with Crippen LogP contribution in [0.15, 0.2) is 221 Å². The maximum atomic E-state index is 7.17. The van der Waals surface area contributed by atoms with Gasteiger partial charge in [0.2, 0.25) is 0 Å². The van der Waals surface area contributed by atoms with Crippen molar-refractivity contribution in [2.75, 3.05) is 4.90 Å². The van der Waals surface area contributed by atoms with Gasteiger partial charge in [0, 0.05) is 45.5 Å². The second kappa shape index (κ2) is 13.0. The normalized spacial score (nSPS) is 13.2. The lowest BCUT2D eigenvalue weighted by atomic mass is 9.69. The lowest BCUT2D eigenvalue weighted by Gasteiger charge is -2.37. The molecule has 0 fully saturated rings. The van der Waals surface area contributed by atoms with Crippen LogP contribution in [-0.2, 0) is 5.41 Å². The zero-order chi connectivity index (χ0) is 40.1. The number of ether oxygens (including phenoxy) is 1. The molecule has 1 spiro atoms. The van der Waals surface area contributed by atoms with E-state index in [1.165, 1.54) is 22.3 Å². The van der Waals surface area contributed by atoms with Crippen LogP contribution in [0.25, 0.3) is 66.3 Å². The molecule has 286 valence electrons. The first-order valence-corrected chi connectivity index (χ1v) is 20.7. The van der Waals surface area contributed by atoms with E-state index in [2.05, 4.69) is 193 Å². The zero-order valence-electron chi connectivity index (χ0n) is 32.9. The second-order valence-electron chi connectivity index (χ2n) is 16.0. The quantitative estimate of drug-likeness (QED) is 0.174. The molecule has 1 aliphatic carbocycles. The Morgan fingerprint density at radius 3 is 1.57 bits per heavy atom. The van der Waals surface area contributed by atoms with Gasteiger partial charge in [0.25, 0.3) is 0 Å². The van der Waals surface area contributed by atoms with Gasteiger partial charge in [-0.1, -0.05) is 146 Å². The highest BCUT2D eigenvalue weighted by atomic mass is 16.5. The minimum atomic E-state index is -0.737. The number of rotatable bonds is 5. The van der Waals surface area contributed by atoms with Crippen molar-refractivity contribution in [1.82, 2.24) is 0 Å². The first-order valence-electron chi connectivity index (χ1n) is 20.7. The molecule has 0 saturated carbocycles. The molecule has 3 heterocycles. The van der Waals surface area contributed by atoms with E-state index in [4.69, 9.17) is 13.6 Å². The Morgan fingerprint density at radius 2 is 0.885 bits per heavy atom. The summed E-state index contributed by atoms with van der Waals surface area (Å²) >= 11 is 0. The van der Waals surface area contributed by atoms with E-state index in [9.17, 15) is 0 Å². The third-order valence-electron chi connectivity index (χ3n) is 12.7. The summed E-state index contributed by atoms with van der Waals surface area (Å²) < 4.78 is 20.6. The van der Waals surface area contributed by atoms with Gasteiger partial charge in [0.15, 0.2) is 11.5 Å². The minimum Gasteiger partial charge on any atom is -0.456 e. The Kier molecular flexibility index (Phi) is 7.19. The average Bonchev–Trinajstić information content (AvgIpc) is 3.98. The molecule has 9 aromatic carbocycles. The van der Waals surface area contributed by atoms with Crippen LogP contribution >= 0.6 is 0 Å². The van der Waals surface area contributed by atoms with E-state index in [1.54, 1.807) is 0 Å². The van der Waals surface area contributed by atoms with E-state index in [0.29, 0.717) is 0 Å². The number of benzene rings is 9. The van der Waals surface area contributed by atoms with Gasteiger partial charge in [-0.2, -0.15) is 0 Å². The number of anilines is 3. The van der Waals surface area contributed by atoms with E-state index >= 15 is 0 Å². The summed E-state index contributed by atoms with van der Waals surface area (Å²) in [6.45, 7) is 0. The van der Waals surface area contributed by atoms with Gasteiger partial charge in [-0.15, -0.1) is 0 Å². The molecule has 61 heavy (non-hydrogen) atoms. The SMILES string of the molecule is c1ccc(-c2cc(-c3ccccc3)cc(N(c3ccc4c(c3)Oc3c(oc5ccccc35)C43c4ccccc4-c4ccccc43)c3ccc4c(c3)oc3ccccc34)c2)cc1. The third kappa shape index (κ3) is 4.93. The minimum absolute atomic E-state index is 0.737. The average molecular weight is 782 g/mol. The van der Waals surface area contributed by atoms with Gasteiger partial charge in [-0.3, -0.25) is 0 Å². The molecule has 2 aliphatic rings. The largest absolute Gasteiger partial charge is 0.456 e. The summed E-state index contributed by atoms with van der Waals surface area (Å²) in [5.74, 6) is 2.33. The van der Waals surface area contributed by atoms with Crippen molar-refractivity contribution in [3.05, 3.63) is 235 Å². The molecular formula is C57H35NO3. The molecular weight excluding hydrogens is 747 g/mol. The van der Waals surface area contributed by atoms with Crippen LogP contribution in [0.1, 0.15) is 22.5 Å². The number of furan rings is 2. The van der Waals surface area contributed by atoms with E-state index in [-0.39, 0.29) is 0 Å². The molecule has 0 N–H and O–H groups in total. The predicted octanol–water partition coefficient (Wildman–Crippen LogP) is 15.6. The molecule has 0 radical (unpaired) electrons. The van der Waals surface area contributed by atoms with Crippen LogP contribution in [0.4, 0.5) is 17.1 Å². The van der Waals surface area contributed by atoms with Gasteiger partial charge in [0.1, 0.15) is 27.9 Å². The smallest absolute Gasteiger partial charge is 0.178 e. The number of hydrogen-bond acceptors (Lipinski definition) is 4. The molecule has 0 amide bonds. The lowest BCUT2D eigenvalue weighted by molar-refractivity contribution is 0.389. The number of nitrogens with zero attached hydrogens (tertiary/aromatic N) is 1. The highest BCUT2D eigenvalue weighted by Gasteiger charge is 2.54. The van der Waals surface area contributed by atoms with Crippen LogP contribution in [0, 0.1) is 0 Å². The maximum absolute atomic E-state index is 7.17. The van der Waals surface area contributed by atoms with Gasteiger partial charge >= 0.3 is 0 Å². The summed E-state index contributed by atoms with van der Waals surface area (Å²) in [7, 11) is 0. The van der Waals surface area contributed by atoms with Gasteiger partial charge in [-0.25, -0.2) is 0 Å². The summed E-state index contributed by atoms with van der Waals surface area (Å²) in [6.07, 6.45) is 0. The number of para-hydroxylation sites is 2. The standard InChI is InChI=1S/C57H35NO3/c1-3-15-36(16-4-1)38-31-39(37-17-5-2-6-18-37)33-42(32-38)58(40-27-29-46-45-21-9-13-25-51(45)59-53(46)34-40)41-28-30-50-54(35-41)60-55-47-22-10-14-26-52(47)61-56(55)57(50)48-23-11-7-19-43(48)44-20-8-12-24-49(44)57/h1-35H. The molecule has 0 bridgehead atoms. The van der Waals surface area contributed by atoms with Crippen molar-refractivity contribution in [2.24, 2.45) is 0 Å². The van der Waals surface area contributed by atoms with E-state index in [0.717, 1.165) is 95.0 Å². The third-order valence-corrected chi connectivity index (χ3v) is 12.7. The molecule has 0 atom stereocenters. The van der Waals surface area contributed by atoms with Crippen molar-refractivity contribution >= 4 is 50.0 Å². The lowest BCUT2D eigenvalue weighted by Crippen LogP contribution is -2.31. The molecule has 1 aliphatic heterocycles. The first-order chi connectivity index (χ1) is 30.2. The molecule has 4 nitrogen and oxygen atoms in total. The Balaban J connectivity index is 1.09. The molecule has 0 unspecified atom stereocenters. The summed E-state index contributed by atoms with van der Waals surface area (Å²) in [6, 6.07) is 75.3. The predicted molar refractivity (Wildman–Crippen MR) is 246 cm³/mol. The van der Waals surface area contributed by atoms with Gasteiger partial charge < -0.3 is 18.5 Å². The second-order valence-corrected chi connectivity index (χ2v) is 16.0. The Bertz CT molecular complexity index is 3420. The van der Waals surface area contributed by atoms with Crippen LogP contribution in [0.3, 0.4) is 0 Å². The topological polar surface area (TPSA) is 38.8 Å². The van der Waals surface area contributed by atoms with Crippen LogP contribution in [0.2, 0.25) is 0 Å². The molecule has 2 aromatic heterocycles. The van der Waals surface area contributed by atoms with Crippen molar-refractivity contribution in [2.45, 2.75) is 5.41 Å². The molecule has 13 rings (SSSR count). The van der Waals surface area contributed by atoms with Crippen LogP contribution < -0.4 is 9.64 Å². The summed E-state index contributed by atoms with van der Waals surface area (Å²) in [5, 5.41) is 3.13. The van der Waals surface area contributed by atoms with Crippen LogP contribution in [0.5, 0.6) is 11.5 Å². The summed E-state index contributed by atoms with van der Waals surface area (Å²) in [4.78, 5) is 2.33. The van der Waals surface area contributed by atoms with Crippen molar-refractivity contribution in [3.8, 4) is 44.9 Å². The Hall–Kier alpha value is -8.08. The van der Waals surface area contributed by atoms with Crippen molar-refractivity contribution in [3.63, 3.8) is 0 Å². The summed E-state index contributed by atoms with van der Waals surface area (Å²) in [5.41, 5.74) is 15.0. The number of fused-ring (bicyclic) bond motifs is 14. The highest BCUT2D eigenvalue weighted by Crippen LogP contribution is 2.64. The molecule has 4 heteroatoms. The molecule has 11 aromatic rings. The fraction of sp³-hybridized carbons (Fsp3) is 0.0175. The fourth-order valence-corrected chi connectivity index (χ4v) is 10.1. The Labute approximate surface area is 352 Å². The molecule has 0 saturated heterocycles. The fourth-order valence-electron chi connectivity index (χ4n) is 10.1. The monoisotopic (exact) mass is 781 g/mol. The van der Waals surface area contributed by atoms with Gasteiger partial charge in [0.05, 0.1) is 5.39 Å². The van der Waals surface area contributed by atoms with Crippen molar-refractivity contribution < 1.29 is 13.6 Å². The van der Waals surface area contributed by atoms with E-state index < -0.39 is 5.41 Å². The van der Waals surface area contributed by atoms with Crippen molar-refractivity contribution in [1.29, 1.82) is 0 Å². The first kappa shape index (κ1) is 33.8. The zero-order valence-corrected chi connectivity index (χ0v) is 32.9. The maximum Gasteiger partial charge on any atom is 0.178 e. The van der Waals surface area contributed by atoms with Crippen LogP contribution in [-0.4, -0.2) is 0 Å². The number of hydrogen-bond donors (Lipinski definition) is 0. The van der Waals surface area contributed by atoms with E-state index in [1.807, 2.05) is 24.3 Å². The van der Waals surface area contributed by atoms with Gasteiger partial charge in [-0.05, 0) is 99.1 Å². The Morgan fingerprint density at radius 1 is 0.344 bits per heavy atom. The highest BCUT2D eigenvalue weighted by molar-refractivity contribution is 6.06.